The number of aromatic amines is 1. The van der Waals surface area contributed by atoms with Crippen LogP contribution in [0.3, 0.4) is 0 Å². The zero-order valence-electron chi connectivity index (χ0n) is 11.8. The Bertz CT molecular complexity index is 633. The Balaban J connectivity index is 1.83. The second-order valence-electron chi connectivity index (χ2n) is 5.52. The molecule has 0 aliphatic carbocycles. The van der Waals surface area contributed by atoms with Gasteiger partial charge in [0.25, 0.3) is 0 Å². The van der Waals surface area contributed by atoms with Crippen LogP contribution in [-0.4, -0.2) is 16.4 Å². The first kappa shape index (κ1) is 13.1. The Labute approximate surface area is 119 Å². The lowest BCUT2D eigenvalue weighted by atomic mass is 10.0. The maximum atomic E-state index is 11.4. The summed E-state index contributed by atoms with van der Waals surface area (Å²) in [5.41, 5.74) is 3.60. The van der Waals surface area contributed by atoms with Crippen molar-refractivity contribution in [2.24, 2.45) is 0 Å². The zero-order chi connectivity index (χ0) is 13.9. The maximum absolute atomic E-state index is 11.4. The molecule has 1 saturated heterocycles. The maximum Gasteiger partial charge on any atom is 0.248 e. The Morgan fingerprint density at radius 3 is 2.75 bits per heavy atom. The summed E-state index contributed by atoms with van der Waals surface area (Å²) >= 11 is 0. The molecule has 0 bridgehead atoms. The van der Waals surface area contributed by atoms with Gasteiger partial charge >= 0.3 is 0 Å². The van der Waals surface area contributed by atoms with Crippen LogP contribution >= 0.6 is 0 Å². The predicted octanol–water partition coefficient (Wildman–Crippen LogP) is 3.02. The van der Waals surface area contributed by atoms with Gasteiger partial charge in [0.15, 0.2) is 0 Å². The van der Waals surface area contributed by atoms with E-state index < -0.39 is 0 Å². The van der Waals surface area contributed by atoms with E-state index in [0.717, 1.165) is 18.8 Å². The second-order valence-corrected chi connectivity index (χ2v) is 5.52. The van der Waals surface area contributed by atoms with Crippen molar-refractivity contribution >= 4 is 0 Å². The number of H-pyrrole nitrogens is 1. The van der Waals surface area contributed by atoms with E-state index in [0.29, 0.717) is 6.04 Å². The van der Waals surface area contributed by atoms with Crippen molar-refractivity contribution in [3.63, 3.8) is 0 Å². The first-order valence-electron chi connectivity index (χ1n) is 7.22. The van der Waals surface area contributed by atoms with E-state index in [1.807, 2.05) is 13.0 Å². The van der Waals surface area contributed by atoms with E-state index in [1.165, 1.54) is 24.0 Å². The molecule has 0 saturated carbocycles. The highest BCUT2D eigenvalue weighted by atomic mass is 16.1. The number of aryl methyl sites for hydroxylation is 1. The molecule has 2 heterocycles. The molecule has 3 rings (SSSR count). The first-order valence-corrected chi connectivity index (χ1v) is 7.22. The number of likely N-dealkylation sites (tertiary alicyclic amines) is 1. The standard InChI is InChI=1S/C17H20N2O/c1-13-15(9-10-17(20)18-13)16-8-5-11-19(16)12-14-6-3-2-4-7-14/h2-4,6-7,9-10,16H,5,8,11-12H2,1H3,(H,18,20)/t16-/m1/s1. The summed E-state index contributed by atoms with van der Waals surface area (Å²) in [6.07, 6.45) is 2.38. The van der Waals surface area contributed by atoms with Gasteiger partial charge in [0, 0.05) is 24.3 Å². The number of nitrogens with zero attached hydrogens (tertiary/aromatic N) is 1. The molecule has 0 amide bonds. The third-order valence-corrected chi connectivity index (χ3v) is 4.11. The summed E-state index contributed by atoms with van der Waals surface area (Å²) in [6.45, 7) is 4.10. The Hall–Kier alpha value is -1.87. The quantitative estimate of drug-likeness (QED) is 0.929. The van der Waals surface area contributed by atoms with Crippen LogP contribution in [-0.2, 0) is 6.54 Å². The fourth-order valence-electron chi connectivity index (χ4n) is 3.14. The van der Waals surface area contributed by atoms with Gasteiger partial charge in [0.1, 0.15) is 0 Å². The van der Waals surface area contributed by atoms with Crippen molar-refractivity contribution < 1.29 is 0 Å². The van der Waals surface area contributed by atoms with E-state index >= 15 is 0 Å². The molecule has 1 N–H and O–H groups in total. The van der Waals surface area contributed by atoms with Gasteiger partial charge in [-0.1, -0.05) is 36.4 Å². The average Bonchev–Trinajstić information content (AvgIpc) is 2.88. The first-order chi connectivity index (χ1) is 9.74. The van der Waals surface area contributed by atoms with E-state index in [9.17, 15) is 4.79 Å². The average molecular weight is 268 g/mol. The van der Waals surface area contributed by atoms with Crippen molar-refractivity contribution in [3.05, 3.63) is 69.6 Å². The largest absolute Gasteiger partial charge is 0.326 e. The highest BCUT2D eigenvalue weighted by Crippen LogP contribution is 2.33. The highest BCUT2D eigenvalue weighted by molar-refractivity contribution is 5.24. The van der Waals surface area contributed by atoms with Crippen LogP contribution in [0.5, 0.6) is 0 Å². The molecule has 20 heavy (non-hydrogen) atoms. The fraction of sp³-hybridized carbons (Fsp3) is 0.353. The van der Waals surface area contributed by atoms with Gasteiger partial charge in [0.05, 0.1) is 0 Å². The van der Waals surface area contributed by atoms with Crippen molar-refractivity contribution in [3.8, 4) is 0 Å². The molecule has 0 unspecified atom stereocenters. The predicted molar refractivity (Wildman–Crippen MR) is 80.6 cm³/mol. The number of benzene rings is 1. The van der Waals surface area contributed by atoms with Crippen LogP contribution in [0.4, 0.5) is 0 Å². The Kier molecular flexibility index (Phi) is 3.70. The van der Waals surface area contributed by atoms with Gasteiger partial charge in [0.2, 0.25) is 5.56 Å². The highest BCUT2D eigenvalue weighted by Gasteiger charge is 2.27. The molecule has 1 fully saturated rings. The molecular weight excluding hydrogens is 248 g/mol. The molecule has 104 valence electrons. The number of hydrogen-bond acceptors (Lipinski definition) is 2. The van der Waals surface area contributed by atoms with Crippen LogP contribution in [0.2, 0.25) is 0 Å². The van der Waals surface area contributed by atoms with Gasteiger partial charge in [-0.2, -0.15) is 0 Å². The van der Waals surface area contributed by atoms with Crippen molar-refractivity contribution in [1.29, 1.82) is 0 Å². The van der Waals surface area contributed by atoms with Crippen molar-refractivity contribution in [2.45, 2.75) is 32.4 Å². The summed E-state index contributed by atoms with van der Waals surface area (Å²) in [4.78, 5) is 16.8. The molecule has 3 nitrogen and oxygen atoms in total. The van der Waals surface area contributed by atoms with Crippen LogP contribution in [0.25, 0.3) is 0 Å². The minimum Gasteiger partial charge on any atom is -0.326 e. The summed E-state index contributed by atoms with van der Waals surface area (Å²) in [7, 11) is 0. The van der Waals surface area contributed by atoms with E-state index in [2.05, 4.69) is 40.2 Å². The summed E-state index contributed by atoms with van der Waals surface area (Å²) < 4.78 is 0. The van der Waals surface area contributed by atoms with E-state index in [4.69, 9.17) is 0 Å². The monoisotopic (exact) mass is 268 g/mol. The third kappa shape index (κ3) is 2.68. The van der Waals surface area contributed by atoms with E-state index in [1.54, 1.807) is 6.07 Å². The SMILES string of the molecule is Cc1[nH]c(=O)ccc1[C@H]1CCCN1Cc1ccccc1. The summed E-state index contributed by atoms with van der Waals surface area (Å²) in [5, 5.41) is 0. The number of rotatable bonds is 3. The molecule has 0 radical (unpaired) electrons. The zero-order valence-corrected chi connectivity index (χ0v) is 11.8. The summed E-state index contributed by atoms with van der Waals surface area (Å²) in [6, 6.07) is 14.6. The van der Waals surface area contributed by atoms with Gasteiger partial charge in [-0.3, -0.25) is 9.69 Å². The van der Waals surface area contributed by atoms with Gasteiger partial charge in [-0.15, -0.1) is 0 Å². The second kappa shape index (κ2) is 5.63. The number of aromatic nitrogens is 1. The minimum absolute atomic E-state index is 0.0149. The number of nitrogens with one attached hydrogen (secondary N) is 1. The van der Waals surface area contributed by atoms with Gasteiger partial charge in [-0.25, -0.2) is 0 Å². The number of hydrogen-bond donors (Lipinski definition) is 1. The normalized spacial score (nSPS) is 19.4. The van der Waals surface area contributed by atoms with Crippen LogP contribution in [0.1, 0.15) is 35.7 Å². The lowest BCUT2D eigenvalue weighted by molar-refractivity contribution is 0.247. The van der Waals surface area contributed by atoms with Crippen LogP contribution < -0.4 is 5.56 Å². The molecule has 0 spiro atoms. The molecule has 1 aromatic carbocycles. The molecular formula is C17H20N2O. The molecule has 3 heteroatoms. The molecule has 1 aromatic heterocycles. The lowest BCUT2D eigenvalue weighted by Gasteiger charge is -2.25. The smallest absolute Gasteiger partial charge is 0.248 e. The third-order valence-electron chi connectivity index (χ3n) is 4.11. The lowest BCUT2D eigenvalue weighted by Crippen LogP contribution is -2.24. The Morgan fingerprint density at radius 2 is 2.00 bits per heavy atom. The van der Waals surface area contributed by atoms with Crippen LogP contribution in [0.15, 0.2) is 47.3 Å². The topological polar surface area (TPSA) is 36.1 Å². The summed E-state index contributed by atoms with van der Waals surface area (Å²) in [5.74, 6) is 0. The number of pyridine rings is 1. The van der Waals surface area contributed by atoms with Crippen molar-refractivity contribution in [1.82, 2.24) is 9.88 Å². The Morgan fingerprint density at radius 1 is 1.20 bits per heavy atom. The fourth-order valence-corrected chi connectivity index (χ4v) is 3.14. The van der Waals surface area contributed by atoms with E-state index in [-0.39, 0.29) is 5.56 Å². The minimum atomic E-state index is -0.0149. The molecule has 1 atom stereocenters. The molecule has 1 aliphatic heterocycles. The molecule has 2 aromatic rings. The molecule has 1 aliphatic rings. The van der Waals surface area contributed by atoms with Crippen LogP contribution in [0, 0.1) is 6.92 Å². The van der Waals surface area contributed by atoms with Gasteiger partial charge in [-0.05, 0) is 37.4 Å². The van der Waals surface area contributed by atoms with Gasteiger partial charge < -0.3 is 4.98 Å². The van der Waals surface area contributed by atoms with Crippen molar-refractivity contribution in [2.75, 3.05) is 6.54 Å².